The van der Waals surface area contributed by atoms with Crippen molar-refractivity contribution in [2.75, 3.05) is 48.5 Å². The maximum absolute atomic E-state index is 11.6. The minimum absolute atomic E-state index is 0.0138. The summed E-state index contributed by atoms with van der Waals surface area (Å²) in [4.78, 5) is 4.72. The lowest BCUT2D eigenvalue weighted by Gasteiger charge is -2.37. The fourth-order valence-electron chi connectivity index (χ4n) is 7.10. The second kappa shape index (κ2) is 11.8. The fraction of sp³-hybridized carbons (Fsp3) is 0.351. The molecule has 5 aliphatic rings. The van der Waals surface area contributed by atoms with E-state index in [0.717, 1.165) is 54.8 Å². The average molecular weight is 609 g/mol. The van der Waals surface area contributed by atoms with Crippen LogP contribution in [-0.4, -0.2) is 63.4 Å². The van der Waals surface area contributed by atoms with Gasteiger partial charge >= 0.3 is 0 Å². The SMILES string of the molecule is COc1ccc2cc1Oc1ccc(cc1)CC1c3cc(OC)c(cc3CCN1C)Oc1c(O)c(OC)cc3c1[C@H](C2)N(C)CC3. The first-order chi connectivity index (χ1) is 21.9. The Labute approximate surface area is 264 Å². The summed E-state index contributed by atoms with van der Waals surface area (Å²) in [6, 6.07) is 20.7. The number of nitrogens with zero attached hydrogens (tertiary/aromatic N) is 2. The standard InChI is InChI=1S/C37H40N2O6/c1-38-14-12-24-19-33-31(42-4)21-27(24)28(38)16-22-6-9-26(10-7-22)44-32-18-23(8-11-30(32)41-3)17-29-35-25(13-15-39(29)2)20-34(43-5)36(40)37(35)45-33/h6-11,18-21,28-29,40H,12-17H2,1-5H3/t28?,29-/m0/s1. The molecule has 0 saturated heterocycles. The highest BCUT2D eigenvalue weighted by atomic mass is 16.5. The largest absolute Gasteiger partial charge is 0.502 e. The van der Waals surface area contributed by atoms with E-state index >= 15 is 0 Å². The summed E-state index contributed by atoms with van der Waals surface area (Å²) < 4.78 is 30.5. The molecule has 8 bridgehead atoms. The molecule has 1 unspecified atom stereocenters. The van der Waals surface area contributed by atoms with Gasteiger partial charge < -0.3 is 28.8 Å². The molecule has 0 radical (unpaired) electrons. The van der Waals surface area contributed by atoms with E-state index in [4.69, 9.17) is 23.7 Å². The van der Waals surface area contributed by atoms with Crippen LogP contribution in [-0.2, 0) is 25.7 Å². The molecular formula is C37H40N2O6. The maximum Gasteiger partial charge on any atom is 0.201 e. The zero-order valence-electron chi connectivity index (χ0n) is 26.6. The minimum atomic E-state index is -0.0789. The molecule has 8 heteroatoms. The number of hydrogen-bond donors (Lipinski definition) is 1. The number of fused-ring (bicyclic) bond motifs is 1. The highest BCUT2D eigenvalue weighted by molar-refractivity contribution is 5.63. The third-order valence-corrected chi connectivity index (χ3v) is 9.66. The van der Waals surface area contributed by atoms with Gasteiger partial charge in [0.2, 0.25) is 5.75 Å². The van der Waals surface area contributed by atoms with Crippen LogP contribution in [0.5, 0.6) is 46.0 Å². The number of phenols is 1. The highest BCUT2D eigenvalue weighted by Gasteiger charge is 2.34. The lowest BCUT2D eigenvalue weighted by molar-refractivity contribution is 0.221. The van der Waals surface area contributed by atoms with Gasteiger partial charge in [0.1, 0.15) is 5.75 Å². The van der Waals surface area contributed by atoms with E-state index in [1.165, 1.54) is 16.7 Å². The third-order valence-electron chi connectivity index (χ3n) is 9.66. The van der Waals surface area contributed by atoms with Crippen molar-refractivity contribution >= 4 is 0 Å². The Kier molecular flexibility index (Phi) is 7.71. The van der Waals surface area contributed by atoms with Gasteiger partial charge in [0, 0.05) is 30.7 Å². The molecule has 4 aromatic carbocycles. The van der Waals surface area contributed by atoms with Gasteiger partial charge in [-0.1, -0.05) is 18.2 Å². The summed E-state index contributed by atoms with van der Waals surface area (Å²) in [5.41, 5.74) is 6.78. The molecule has 5 heterocycles. The van der Waals surface area contributed by atoms with Crippen LogP contribution in [0, 0.1) is 0 Å². The summed E-state index contributed by atoms with van der Waals surface area (Å²) >= 11 is 0. The van der Waals surface area contributed by atoms with Crippen LogP contribution in [0.1, 0.15) is 45.5 Å². The van der Waals surface area contributed by atoms with E-state index < -0.39 is 0 Å². The molecule has 0 spiro atoms. The van der Waals surface area contributed by atoms with Gasteiger partial charge in [0.15, 0.2) is 34.5 Å². The lowest BCUT2D eigenvalue weighted by Crippen LogP contribution is -2.34. The Morgan fingerprint density at radius 3 is 2.04 bits per heavy atom. The van der Waals surface area contributed by atoms with Crippen LogP contribution >= 0.6 is 0 Å². The maximum atomic E-state index is 11.6. The highest BCUT2D eigenvalue weighted by Crippen LogP contribution is 2.51. The normalized spacial score (nSPS) is 19.4. The molecule has 45 heavy (non-hydrogen) atoms. The number of hydrogen-bond acceptors (Lipinski definition) is 8. The summed E-state index contributed by atoms with van der Waals surface area (Å²) in [6.07, 6.45) is 3.20. The number of phenolic OH excluding ortho intramolecular Hbond substituents is 1. The molecule has 234 valence electrons. The zero-order valence-corrected chi connectivity index (χ0v) is 26.6. The quantitative estimate of drug-likeness (QED) is 0.271. The number of ether oxygens (including phenoxy) is 5. The molecule has 0 aliphatic carbocycles. The van der Waals surface area contributed by atoms with Crippen molar-refractivity contribution in [3.63, 3.8) is 0 Å². The van der Waals surface area contributed by atoms with Gasteiger partial charge in [0.05, 0.1) is 21.3 Å². The molecule has 2 atom stereocenters. The summed E-state index contributed by atoms with van der Waals surface area (Å²) in [7, 11) is 9.20. The number of likely N-dealkylation sites (N-methyl/N-ethyl adjacent to an activating group) is 2. The Balaban J connectivity index is 1.44. The van der Waals surface area contributed by atoms with Gasteiger partial charge in [-0.3, -0.25) is 9.80 Å². The molecule has 4 aromatic rings. The van der Waals surface area contributed by atoms with Crippen LogP contribution in [0.2, 0.25) is 0 Å². The molecular weight excluding hydrogens is 568 g/mol. The third kappa shape index (κ3) is 5.32. The van der Waals surface area contributed by atoms with Crippen molar-refractivity contribution in [3.8, 4) is 46.0 Å². The van der Waals surface area contributed by atoms with Crippen LogP contribution in [0.4, 0.5) is 0 Å². The second-order valence-corrected chi connectivity index (χ2v) is 12.3. The van der Waals surface area contributed by atoms with E-state index in [1.54, 1.807) is 21.3 Å². The van der Waals surface area contributed by atoms with Gasteiger partial charge in [0.25, 0.3) is 0 Å². The van der Waals surface area contributed by atoms with Crippen LogP contribution in [0.3, 0.4) is 0 Å². The van der Waals surface area contributed by atoms with Gasteiger partial charge in [-0.2, -0.15) is 0 Å². The average Bonchev–Trinajstić information content (AvgIpc) is 3.05. The van der Waals surface area contributed by atoms with E-state index in [9.17, 15) is 5.11 Å². The van der Waals surface area contributed by atoms with Crippen LogP contribution < -0.4 is 23.7 Å². The van der Waals surface area contributed by atoms with E-state index in [2.05, 4.69) is 54.2 Å². The van der Waals surface area contributed by atoms with Crippen LogP contribution in [0.15, 0.2) is 60.7 Å². The van der Waals surface area contributed by atoms with E-state index in [-0.39, 0.29) is 17.8 Å². The van der Waals surface area contributed by atoms with Crippen molar-refractivity contribution < 1.29 is 28.8 Å². The van der Waals surface area contributed by atoms with Crippen molar-refractivity contribution in [1.29, 1.82) is 0 Å². The Morgan fingerprint density at radius 2 is 1.31 bits per heavy atom. The first-order valence-electron chi connectivity index (χ1n) is 15.5. The number of rotatable bonds is 3. The van der Waals surface area contributed by atoms with E-state index in [0.29, 0.717) is 40.9 Å². The first kappa shape index (κ1) is 29.3. The number of methoxy groups -OCH3 is 3. The first-order valence-corrected chi connectivity index (χ1v) is 15.5. The molecule has 0 amide bonds. The van der Waals surface area contributed by atoms with Gasteiger partial charge in [-0.05, 0) is 110 Å². The summed E-state index contributed by atoms with van der Waals surface area (Å²) in [6.45, 7) is 1.78. The van der Waals surface area contributed by atoms with Crippen molar-refractivity contribution in [2.45, 2.75) is 37.8 Å². The molecule has 0 saturated carbocycles. The van der Waals surface area contributed by atoms with Crippen molar-refractivity contribution in [3.05, 3.63) is 94.0 Å². The smallest absolute Gasteiger partial charge is 0.201 e. The summed E-state index contributed by atoms with van der Waals surface area (Å²) in [5, 5.41) is 11.6. The molecule has 5 aliphatic heterocycles. The molecule has 0 aromatic heterocycles. The molecule has 9 rings (SSSR count). The predicted molar refractivity (Wildman–Crippen MR) is 173 cm³/mol. The predicted octanol–water partition coefficient (Wildman–Crippen LogP) is 6.86. The Bertz CT molecular complexity index is 1740. The molecule has 8 nitrogen and oxygen atoms in total. The monoisotopic (exact) mass is 608 g/mol. The zero-order chi connectivity index (χ0) is 31.2. The van der Waals surface area contributed by atoms with E-state index in [1.807, 2.05) is 30.3 Å². The Morgan fingerprint density at radius 1 is 0.667 bits per heavy atom. The molecule has 1 N–H and O–H groups in total. The van der Waals surface area contributed by atoms with Crippen molar-refractivity contribution in [2.24, 2.45) is 0 Å². The lowest BCUT2D eigenvalue weighted by atomic mass is 9.87. The number of aromatic hydroxyl groups is 1. The second-order valence-electron chi connectivity index (χ2n) is 12.3. The fourth-order valence-corrected chi connectivity index (χ4v) is 7.10. The number of benzene rings is 4. The van der Waals surface area contributed by atoms with Crippen LogP contribution in [0.25, 0.3) is 0 Å². The summed E-state index contributed by atoms with van der Waals surface area (Å²) in [5.74, 6) is 4.09. The minimum Gasteiger partial charge on any atom is -0.502 e. The van der Waals surface area contributed by atoms with Gasteiger partial charge in [-0.25, -0.2) is 0 Å². The van der Waals surface area contributed by atoms with Gasteiger partial charge in [-0.15, -0.1) is 0 Å². The molecule has 0 fully saturated rings. The topological polar surface area (TPSA) is 72.9 Å². The Hall–Kier alpha value is -4.40. The van der Waals surface area contributed by atoms with Crippen molar-refractivity contribution in [1.82, 2.24) is 9.80 Å².